The van der Waals surface area contributed by atoms with E-state index in [1.807, 2.05) is 34.0 Å². The van der Waals surface area contributed by atoms with Crippen LogP contribution in [0.25, 0.3) is 11.0 Å². The number of pyridine rings is 1. The highest BCUT2D eigenvalue weighted by molar-refractivity contribution is 5.81. The largest absolute Gasteiger partial charge is 0.376 e. The van der Waals surface area contributed by atoms with Crippen molar-refractivity contribution < 1.29 is 9.47 Å². The van der Waals surface area contributed by atoms with Crippen LogP contribution in [0.15, 0.2) is 12.3 Å². The van der Waals surface area contributed by atoms with Crippen molar-refractivity contribution in [2.24, 2.45) is 7.05 Å². The quantitative estimate of drug-likeness (QED) is 0.907. The fourth-order valence-electron chi connectivity index (χ4n) is 2.40. The molecule has 0 aromatic carbocycles. The van der Waals surface area contributed by atoms with Gasteiger partial charge in [0.05, 0.1) is 36.8 Å². The summed E-state index contributed by atoms with van der Waals surface area (Å²) in [6, 6.07) is 2.21. The molecule has 1 saturated heterocycles. The van der Waals surface area contributed by atoms with Crippen molar-refractivity contribution in [1.29, 1.82) is 0 Å². The third kappa shape index (κ3) is 2.48. The molecule has 6 heteroatoms. The SMILES string of the molecule is Cc1nn(C)c2ncc(NC3COC(C)(C)OC3)cc12. The van der Waals surface area contributed by atoms with Crippen LogP contribution in [-0.2, 0) is 16.5 Å². The van der Waals surface area contributed by atoms with Crippen LogP contribution in [0.5, 0.6) is 0 Å². The second-order valence-corrected chi connectivity index (χ2v) is 5.67. The summed E-state index contributed by atoms with van der Waals surface area (Å²) in [4.78, 5) is 4.45. The standard InChI is InChI=1S/C14H20N4O2/c1-9-12-5-10(6-15-13(12)18(4)17-9)16-11-7-19-14(2,3)20-8-11/h5-6,11,16H,7-8H2,1-4H3. The summed E-state index contributed by atoms with van der Waals surface area (Å²) in [5.74, 6) is -0.486. The molecule has 1 N–H and O–H groups in total. The maximum atomic E-state index is 5.64. The van der Waals surface area contributed by atoms with E-state index in [0.29, 0.717) is 13.2 Å². The Hall–Kier alpha value is -1.66. The number of rotatable bonds is 2. The Morgan fingerprint density at radius 2 is 2.05 bits per heavy atom. The summed E-state index contributed by atoms with van der Waals surface area (Å²) >= 11 is 0. The topological polar surface area (TPSA) is 61.2 Å². The zero-order chi connectivity index (χ0) is 14.3. The first kappa shape index (κ1) is 13.3. The van der Waals surface area contributed by atoms with Crippen molar-refractivity contribution in [2.75, 3.05) is 18.5 Å². The molecule has 1 fully saturated rings. The Morgan fingerprint density at radius 1 is 1.35 bits per heavy atom. The van der Waals surface area contributed by atoms with Gasteiger partial charge in [0.25, 0.3) is 0 Å². The Kier molecular flexibility index (Phi) is 3.14. The lowest BCUT2D eigenvalue weighted by atomic mass is 10.2. The van der Waals surface area contributed by atoms with Gasteiger partial charge in [0, 0.05) is 12.4 Å². The van der Waals surface area contributed by atoms with Gasteiger partial charge in [-0.25, -0.2) is 4.98 Å². The molecule has 108 valence electrons. The van der Waals surface area contributed by atoms with Crippen molar-refractivity contribution in [2.45, 2.75) is 32.6 Å². The zero-order valence-corrected chi connectivity index (χ0v) is 12.3. The summed E-state index contributed by atoms with van der Waals surface area (Å²) in [5, 5.41) is 8.84. The molecular weight excluding hydrogens is 256 g/mol. The van der Waals surface area contributed by atoms with E-state index in [4.69, 9.17) is 9.47 Å². The Labute approximate surface area is 118 Å². The second-order valence-electron chi connectivity index (χ2n) is 5.67. The number of nitrogens with zero attached hydrogens (tertiary/aromatic N) is 3. The number of fused-ring (bicyclic) bond motifs is 1. The van der Waals surface area contributed by atoms with Gasteiger partial charge in [-0.15, -0.1) is 0 Å². The number of nitrogens with one attached hydrogen (secondary N) is 1. The van der Waals surface area contributed by atoms with Gasteiger partial charge >= 0.3 is 0 Å². The molecule has 6 nitrogen and oxygen atoms in total. The van der Waals surface area contributed by atoms with Gasteiger partial charge in [0.2, 0.25) is 0 Å². The average molecular weight is 276 g/mol. The molecule has 0 aliphatic carbocycles. The number of hydrogen-bond donors (Lipinski definition) is 1. The molecule has 3 heterocycles. The van der Waals surface area contributed by atoms with Crippen LogP contribution in [0.4, 0.5) is 5.69 Å². The van der Waals surface area contributed by atoms with Crippen LogP contribution >= 0.6 is 0 Å². The number of ether oxygens (including phenoxy) is 2. The number of aryl methyl sites for hydroxylation is 2. The third-order valence-electron chi connectivity index (χ3n) is 3.50. The van der Waals surface area contributed by atoms with Crippen LogP contribution < -0.4 is 5.32 Å². The molecule has 20 heavy (non-hydrogen) atoms. The van der Waals surface area contributed by atoms with Crippen LogP contribution in [0.3, 0.4) is 0 Å². The summed E-state index contributed by atoms with van der Waals surface area (Å²) in [5.41, 5.74) is 2.84. The molecule has 0 unspecified atom stereocenters. The van der Waals surface area contributed by atoms with Crippen LogP contribution in [0.1, 0.15) is 19.5 Å². The molecule has 1 aliphatic heterocycles. The third-order valence-corrected chi connectivity index (χ3v) is 3.50. The minimum atomic E-state index is -0.486. The molecular formula is C14H20N4O2. The van der Waals surface area contributed by atoms with E-state index >= 15 is 0 Å². The Balaban J connectivity index is 1.77. The van der Waals surface area contributed by atoms with E-state index in [2.05, 4.69) is 21.5 Å². The maximum Gasteiger partial charge on any atom is 0.162 e. The first-order chi connectivity index (χ1) is 9.44. The maximum absolute atomic E-state index is 5.64. The molecule has 0 saturated carbocycles. The molecule has 2 aromatic rings. The average Bonchev–Trinajstić information content (AvgIpc) is 2.68. The summed E-state index contributed by atoms with van der Waals surface area (Å²) < 4.78 is 13.1. The molecule has 0 amide bonds. The van der Waals surface area contributed by atoms with E-state index < -0.39 is 5.79 Å². The van der Waals surface area contributed by atoms with Gasteiger partial charge in [0.1, 0.15) is 0 Å². The number of hydrogen-bond acceptors (Lipinski definition) is 5. The van der Waals surface area contributed by atoms with Crippen molar-refractivity contribution in [3.8, 4) is 0 Å². The minimum Gasteiger partial charge on any atom is -0.376 e. The lowest BCUT2D eigenvalue weighted by Gasteiger charge is -2.35. The molecule has 3 rings (SSSR count). The van der Waals surface area contributed by atoms with Crippen LogP contribution in [-0.4, -0.2) is 39.8 Å². The normalized spacial score (nSPS) is 19.4. The van der Waals surface area contributed by atoms with E-state index in [1.165, 1.54) is 0 Å². The van der Waals surface area contributed by atoms with Crippen LogP contribution in [0, 0.1) is 6.92 Å². The summed E-state index contributed by atoms with van der Waals surface area (Å²) in [6.07, 6.45) is 1.82. The monoisotopic (exact) mass is 276 g/mol. The molecule has 1 aliphatic rings. The predicted octanol–water partition coefficient (Wildman–Crippen LogP) is 1.84. The van der Waals surface area contributed by atoms with E-state index in [-0.39, 0.29) is 6.04 Å². The van der Waals surface area contributed by atoms with Crippen molar-refractivity contribution in [3.05, 3.63) is 18.0 Å². The first-order valence-corrected chi connectivity index (χ1v) is 6.78. The zero-order valence-electron chi connectivity index (χ0n) is 12.3. The summed E-state index contributed by atoms with van der Waals surface area (Å²) in [7, 11) is 1.90. The van der Waals surface area contributed by atoms with Gasteiger partial charge < -0.3 is 14.8 Å². The van der Waals surface area contributed by atoms with E-state index in [9.17, 15) is 0 Å². The number of anilines is 1. The minimum absolute atomic E-state index is 0.138. The number of aromatic nitrogens is 3. The van der Waals surface area contributed by atoms with Crippen molar-refractivity contribution in [3.63, 3.8) is 0 Å². The highest BCUT2D eigenvalue weighted by Gasteiger charge is 2.28. The van der Waals surface area contributed by atoms with Gasteiger partial charge in [0.15, 0.2) is 11.4 Å². The highest BCUT2D eigenvalue weighted by atomic mass is 16.7. The summed E-state index contributed by atoms with van der Waals surface area (Å²) in [6.45, 7) is 7.09. The molecule has 2 aromatic heterocycles. The molecule has 0 spiro atoms. The lowest BCUT2D eigenvalue weighted by Crippen LogP contribution is -2.45. The van der Waals surface area contributed by atoms with Gasteiger partial charge in [-0.05, 0) is 26.8 Å². The van der Waals surface area contributed by atoms with Crippen molar-refractivity contribution in [1.82, 2.24) is 14.8 Å². The Bertz CT molecular complexity index is 625. The highest BCUT2D eigenvalue weighted by Crippen LogP contribution is 2.22. The fourth-order valence-corrected chi connectivity index (χ4v) is 2.40. The van der Waals surface area contributed by atoms with Crippen LogP contribution in [0.2, 0.25) is 0 Å². The molecule has 0 bridgehead atoms. The predicted molar refractivity (Wildman–Crippen MR) is 76.6 cm³/mol. The lowest BCUT2D eigenvalue weighted by molar-refractivity contribution is -0.247. The van der Waals surface area contributed by atoms with Gasteiger partial charge in [-0.3, -0.25) is 4.68 Å². The molecule has 0 atom stereocenters. The van der Waals surface area contributed by atoms with Crippen molar-refractivity contribution >= 4 is 16.7 Å². The van der Waals surface area contributed by atoms with Gasteiger partial charge in [-0.1, -0.05) is 0 Å². The van der Waals surface area contributed by atoms with E-state index in [0.717, 1.165) is 22.4 Å². The molecule has 0 radical (unpaired) electrons. The van der Waals surface area contributed by atoms with E-state index in [1.54, 1.807) is 4.68 Å². The van der Waals surface area contributed by atoms with Gasteiger partial charge in [-0.2, -0.15) is 5.10 Å². The Morgan fingerprint density at radius 3 is 2.75 bits per heavy atom. The smallest absolute Gasteiger partial charge is 0.162 e. The fraction of sp³-hybridized carbons (Fsp3) is 0.571. The second kappa shape index (κ2) is 4.71. The first-order valence-electron chi connectivity index (χ1n) is 6.78.